The Bertz CT molecular complexity index is 261. The van der Waals surface area contributed by atoms with E-state index in [1.165, 1.54) is 6.92 Å². The van der Waals surface area contributed by atoms with E-state index >= 15 is 0 Å². The first-order valence-corrected chi connectivity index (χ1v) is 5.28. The van der Waals surface area contributed by atoms with Gasteiger partial charge in [0, 0.05) is 6.42 Å². The fourth-order valence-electron chi connectivity index (χ4n) is 1.06. The molecular formula is C8H12INO4. The first kappa shape index (κ1) is 11.7. The molecule has 0 amide bonds. The van der Waals surface area contributed by atoms with E-state index in [0.29, 0.717) is 6.42 Å². The van der Waals surface area contributed by atoms with Crippen molar-refractivity contribution >= 4 is 34.5 Å². The van der Waals surface area contributed by atoms with Crippen LogP contribution in [-0.4, -0.2) is 27.7 Å². The summed E-state index contributed by atoms with van der Waals surface area (Å²) >= 11 is 1.75. The number of nitrogens with two attached hydrogens (primary N) is 1. The van der Waals surface area contributed by atoms with Crippen molar-refractivity contribution < 1.29 is 19.1 Å². The van der Waals surface area contributed by atoms with E-state index in [4.69, 9.17) is 15.2 Å². The second-order valence-electron chi connectivity index (χ2n) is 3.45. The van der Waals surface area contributed by atoms with Gasteiger partial charge < -0.3 is 15.2 Å². The van der Waals surface area contributed by atoms with Crippen LogP contribution in [0.1, 0.15) is 20.3 Å². The Balaban J connectivity index is 2.54. The molecule has 6 heteroatoms. The third-order valence-electron chi connectivity index (χ3n) is 1.77. The lowest BCUT2D eigenvalue weighted by atomic mass is 10.2. The van der Waals surface area contributed by atoms with Gasteiger partial charge in [-0.2, -0.15) is 0 Å². The Kier molecular flexibility index (Phi) is 3.36. The quantitative estimate of drug-likeness (QED) is 0.344. The molecule has 1 rings (SSSR count). The normalized spacial score (nSPS) is 30.7. The molecule has 14 heavy (non-hydrogen) atoms. The van der Waals surface area contributed by atoms with Crippen molar-refractivity contribution in [2.75, 3.05) is 0 Å². The highest BCUT2D eigenvalue weighted by atomic mass is 127. The predicted octanol–water partition coefficient (Wildman–Crippen LogP) is 0.344. The number of hydrogen-bond acceptors (Lipinski definition) is 5. The van der Waals surface area contributed by atoms with E-state index in [1.807, 2.05) is 0 Å². The van der Waals surface area contributed by atoms with E-state index in [9.17, 15) is 9.59 Å². The first-order chi connectivity index (χ1) is 6.30. The van der Waals surface area contributed by atoms with E-state index in [-0.39, 0.29) is 6.10 Å². The van der Waals surface area contributed by atoms with Crippen LogP contribution in [-0.2, 0) is 19.1 Å². The summed E-state index contributed by atoms with van der Waals surface area (Å²) in [6.45, 7) is 3.26. The number of esters is 2. The summed E-state index contributed by atoms with van der Waals surface area (Å²) in [6, 6.07) is 0. The highest BCUT2D eigenvalue weighted by Crippen LogP contribution is 2.20. The van der Waals surface area contributed by atoms with E-state index in [1.54, 1.807) is 29.5 Å². The number of ether oxygens (including phenoxy) is 2. The highest BCUT2D eigenvalue weighted by Gasteiger charge is 2.38. The highest BCUT2D eigenvalue weighted by molar-refractivity contribution is 14.1. The minimum Gasteiger partial charge on any atom is -0.460 e. The molecule has 80 valence electrons. The van der Waals surface area contributed by atoms with Crippen molar-refractivity contribution in [3.8, 4) is 0 Å². The van der Waals surface area contributed by atoms with Crippen molar-refractivity contribution in [1.82, 2.24) is 0 Å². The van der Waals surface area contributed by atoms with Crippen LogP contribution in [0.15, 0.2) is 0 Å². The molecule has 2 N–H and O–H groups in total. The van der Waals surface area contributed by atoms with Crippen LogP contribution in [0.4, 0.5) is 0 Å². The minimum atomic E-state index is -1.11. The van der Waals surface area contributed by atoms with Gasteiger partial charge in [-0.1, -0.05) is 0 Å². The SMILES string of the molecule is CC1CC(OC(=O)C(C)(N)I)C(=O)O1. The van der Waals surface area contributed by atoms with Gasteiger partial charge >= 0.3 is 11.9 Å². The Morgan fingerprint density at radius 2 is 2.36 bits per heavy atom. The minimum absolute atomic E-state index is 0.196. The molecule has 0 aliphatic carbocycles. The van der Waals surface area contributed by atoms with Gasteiger partial charge in [-0.15, -0.1) is 0 Å². The van der Waals surface area contributed by atoms with Crippen LogP contribution >= 0.6 is 22.6 Å². The third kappa shape index (κ3) is 2.81. The summed E-state index contributed by atoms with van der Waals surface area (Å²) in [7, 11) is 0. The van der Waals surface area contributed by atoms with Gasteiger partial charge in [0.1, 0.15) is 6.10 Å². The lowest BCUT2D eigenvalue weighted by Crippen LogP contribution is -2.42. The predicted molar refractivity (Wildman–Crippen MR) is 56.7 cm³/mol. The second kappa shape index (κ2) is 4.01. The molecule has 1 aliphatic rings. The second-order valence-corrected chi connectivity index (χ2v) is 5.69. The number of cyclic esters (lactones) is 1. The molecule has 5 nitrogen and oxygen atoms in total. The molecule has 0 aromatic carbocycles. The van der Waals surface area contributed by atoms with Crippen molar-refractivity contribution in [3.05, 3.63) is 0 Å². The number of alkyl halides is 1. The molecule has 3 unspecified atom stereocenters. The molecule has 0 saturated carbocycles. The molecule has 1 saturated heterocycles. The molecule has 0 aromatic rings. The molecule has 0 bridgehead atoms. The average molecular weight is 313 g/mol. The molecule has 0 aromatic heterocycles. The molecule has 1 aliphatic heterocycles. The maximum Gasteiger partial charge on any atom is 0.347 e. The smallest absolute Gasteiger partial charge is 0.347 e. The summed E-state index contributed by atoms with van der Waals surface area (Å²) in [5, 5.41) is 0. The first-order valence-electron chi connectivity index (χ1n) is 4.20. The van der Waals surface area contributed by atoms with Crippen LogP contribution in [0.25, 0.3) is 0 Å². The van der Waals surface area contributed by atoms with E-state index < -0.39 is 21.6 Å². The van der Waals surface area contributed by atoms with E-state index in [2.05, 4.69) is 0 Å². The number of carbonyl (C=O) groups is 2. The van der Waals surface area contributed by atoms with Gasteiger partial charge in [-0.05, 0) is 36.4 Å². The number of rotatable bonds is 2. The average Bonchev–Trinajstić information content (AvgIpc) is 2.28. The monoisotopic (exact) mass is 313 g/mol. The van der Waals surface area contributed by atoms with Gasteiger partial charge in [-0.3, -0.25) is 0 Å². The van der Waals surface area contributed by atoms with Crippen LogP contribution < -0.4 is 5.73 Å². The van der Waals surface area contributed by atoms with Gasteiger partial charge in [0.05, 0.1) is 0 Å². The van der Waals surface area contributed by atoms with Crippen LogP contribution in [0.3, 0.4) is 0 Å². The molecule has 3 atom stereocenters. The number of hydrogen-bond donors (Lipinski definition) is 1. The summed E-state index contributed by atoms with van der Waals surface area (Å²) in [5.41, 5.74) is 5.50. The largest absolute Gasteiger partial charge is 0.460 e. The molecule has 1 fully saturated rings. The van der Waals surface area contributed by atoms with Crippen LogP contribution in [0.2, 0.25) is 0 Å². The Morgan fingerprint density at radius 3 is 2.71 bits per heavy atom. The summed E-state index contributed by atoms with van der Waals surface area (Å²) < 4.78 is 8.63. The summed E-state index contributed by atoms with van der Waals surface area (Å²) in [6.07, 6.45) is -0.592. The van der Waals surface area contributed by atoms with Crippen molar-refractivity contribution in [2.24, 2.45) is 5.73 Å². The third-order valence-corrected chi connectivity index (χ3v) is 2.22. The fraction of sp³-hybridized carbons (Fsp3) is 0.750. The van der Waals surface area contributed by atoms with Crippen molar-refractivity contribution in [2.45, 2.75) is 36.0 Å². The number of halogens is 1. The van der Waals surface area contributed by atoms with Gasteiger partial charge in [-0.25, -0.2) is 9.59 Å². The lowest BCUT2D eigenvalue weighted by Gasteiger charge is -2.16. The lowest BCUT2D eigenvalue weighted by molar-refractivity contribution is -0.161. The maximum atomic E-state index is 11.3. The Labute approximate surface area is 95.4 Å². The summed E-state index contributed by atoms with van der Waals surface area (Å²) in [4.78, 5) is 22.4. The molecule has 0 spiro atoms. The van der Waals surface area contributed by atoms with Crippen LogP contribution in [0, 0.1) is 0 Å². The molecule has 0 radical (unpaired) electrons. The van der Waals surface area contributed by atoms with Crippen molar-refractivity contribution in [3.63, 3.8) is 0 Å². The fourth-order valence-corrected chi connectivity index (χ4v) is 1.19. The molecule has 1 heterocycles. The number of carbonyl (C=O) groups excluding carboxylic acids is 2. The topological polar surface area (TPSA) is 78.6 Å². The zero-order chi connectivity index (χ0) is 10.9. The zero-order valence-electron chi connectivity index (χ0n) is 7.95. The van der Waals surface area contributed by atoms with Gasteiger partial charge in [0.2, 0.25) is 6.10 Å². The Hall–Kier alpha value is -0.370. The summed E-state index contributed by atoms with van der Waals surface area (Å²) in [5.74, 6) is -1.10. The van der Waals surface area contributed by atoms with E-state index in [0.717, 1.165) is 0 Å². The standard InChI is InChI=1S/C8H12INO4/c1-4-3-5(6(11)13-4)14-7(12)8(2,9)10/h4-5H,3,10H2,1-2H3. The maximum absolute atomic E-state index is 11.3. The zero-order valence-corrected chi connectivity index (χ0v) is 10.1. The van der Waals surface area contributed by atoms with Crippen molar-refractivity contribution in [1.29, 1.82) is 0 Å². The Morgan fingerprint density at radius 1 is 1.79 bits per heavy atom. The van der Waals surface area contributed by atoms with Gasteiger partial charge in [0.25, 0.3) is 0 Å². The molecular weight excluding hydrogens is 301 g/mol. The van der Waals surface area contributed by atoms with Crippen LogP contribution in [0.5, 0.6) is 0 Å². The van der Waals surface area contributed by atoms with Gasteiger partial charge in [0.15, 0.2) is 3.55 Å².